The maximum atomic E-state index is 12.6. The molecule has 1 aromatic rings. The Labute approximate surface area is 145 Å². The summed E-state index contributed by atoms with van der Waals surface area (Å²) >= 11 is 1.13. The summed E-state index contributed by atoms with van der Waals surface area (Å²) < 4.78 is 0. The molecule has 1 aliphatic rings. The molecule has 0 aromatic heterocycles. The van der Waals surface area contributed by atoms with Gasteiger partial charge in [-0.2, -0.15) is 5.26 Å². The number of urea groups is 1. The molecule has 0 saturated heterocycles. The molecule has 1 heterocycles. The molecular formula is C17H20N4O2S. The topological polar surface area (TPSA) is 99.2 Å². The van der Waals surface area contributed by atoms with Crippen molar-refractivity contribution in [1.29, 1.82) is 5.26 Å². The number of allylic oxidation sites excluding steroid dienone is 1. The Kier molecular flexibility index (Phi) is 5.88. The van der Waals surface area contributed by atoms with Crippen LogP contribution < -0.4 is 11.1 Å². The van der Waals surface area contributed by atoms with Crippen LogP contribution in [-0.2, 0) is 4.79 Å². The number of carbonyl (C=O) groups is 2. The van der Waals surface area contributed by atoms with E-state index in [0.29, 0.717) is 23.7 Å². The minimum Gasteiger partial charge on any atom is -0.393 e. The van der Waals surface area contributed by atoms with Crippen LogP contribution in [0.2, 0.25) is 0 Å². The highest BCUT2D eigenvalue weighted by Gasteiger charge is 2.41. The molecule has 2 atom stereocenters. The highest BCUT2D eigenvalue weighted by Crippen LogP contribution is 2.45. The molecule has 0 aliphatic carbocycles. The SMILES string of the molecule is CCN(CC)C(=O)NC(=O)C1SC(N)=C(C#N)C1c1ccccc1. The summed E-state index contributed by atoms with van der Waals surface area (Å²) in [6.45, 7) is 4.72. The molecule has 24 heavy (non-hydrogen) atoms. The first-order valence-corrected chi connectivity index (χ1v) is 8.62. The van der Waals surface area contributed by atoms with E-state index < -0.39 is 23.1 Å². The zero-order chi connectivity index (χ0) is 17.7. The highest BCUT2D eigenvalue weighted by atomic mass is 32.2. The van der Waals surface area contributed by atoms with E-state index in [1.54, 1.807) is 0 Å². The zero-order valence-corrected chi connectivity index (χ0v) is 14.5. The van der Waals surface area contributed by atoms with E-state index in [1.165, 1.54) is 4.90 Å². The zero-order valence-electron chi connectivity index (χ0n) is 13.7. The summed E-state index contributed by atoms with van der Waals surface area (Å²) in [6.07, 6.45) is 0. The quantitative estimate of drug-likeness (QED) is 0.872. The molecule has 0 spiro atoms. The third-order valence-electron chi connectivity index (χ3n) is 3.95. The third-order valence-corrected chi connectivity index (χ3v) is 5.17. The van der Waals surface area contributed by atoms with Crippen LogP contribution >= 0.6 is 11.8 Å². The number of nitrogens with zero attached hydrogens (tertiary/aromatic N) is 2. The lowest BCUT2D eigenvalue weighted by molar-refractivity contribution is -0.119. The van der Waals surface area contributed by atoms with Crippen LogP contribution in [0.5, 0.6) is 0 Å². The maximum absolute atomic E-state index is 12.6. The van der Waals surface area contributed by atoms with E-state index >= 15 is 0 Å². The van der Waals surface area contributed by atoms with Gasteiger partial charge in [-0.15, -0.1) is 0 Å². The van der Waals surface area contributed by atoms with Crippen molar-refractivity contribution in [3.8, 4) is 6.07 Å². The molecule has 0 radical (unpaired) electrons. The van der Waals surface area contributed by atoms with E-state index in [-0.39, 0.29) is 0 Å². The third kappa shape index (κ3) is 3.54. The molecule has 0 fully saturated rings. The minimum absolute atomic E-state index is 0.335. The standard InChI is InChI=1S/C17H20N4O2S/c1-3-21(4-2)17(23)20-16(22)14-13(11-8-6-5-7-9-11)12(10-18)15(19)24-14/h5-9,13-14H,3-4,19H2,1-2H3,(H,20,22,23). The number of thioether (sulfide) groups is 1. The predicted molar refractivity (Wildman–Crippen MR) is 93.8 cm³/mol. The van der Waals surface area contributed by atoms with Crippen LogP contribution in [0.15, 0.2) is 40.9 Å². The van der Waals surface area contributed by atoms with Gasteiger partial charge in [-0.3, -0.25) is 10.1 Å². The van der Waals surface area contributed by atoms with E-state index in [1.807, 2.05) is 44.2 Å². The Bertz CT molecular complexity index is 692. The number of nitrogens with two attached hydrogens (primary N) is 1. The van der Waals surface area contributed by atoms with Gasteiger partial charge in [0.05, 0.1) is 16.7 Å². The Balaban J connectivity index is 2.24. The number of nitrogens with one attached hydrogen (secondary N) is 1. The first kappa shape index (κ1) is 17.9. The fraction of sp³-hybridized carbons (Fsp3) is 0.353. The van der Waals surface area contributed by atoms with Crippen LogP contribution in [0, 0.1) is 11.3 Å². The Morgan fingerprint density at radius 1 is 1.29 bits per heavy atom. The smallest absolute Gasteiger partial charge is 0.324 e. The van der Waals surface area contributed by atoms with E-state index in [0.717, 1.165) is 17.3 Å². The number of benzene rings is 1. The molecular weight excluding hydrogens is 324 g/mol. The van der Waals surface area contributed by atoms with Crippen LogP contribution in [0.4, 0.5) is 4.79 Å². The minimum atomic E-state index is -0.637. The van der Waals surface area contributed by atoms with Crippen LogP contribution in [0.25, 0.3) is 0 Å². The van der Waals surface area contributed by atoms with E-state index in [9.17, 15) is 14.9 Å². The molecule has 3 amide bonds. The Hall–Kier alpha value is -2.46. The van der Waals surface area contributed by atoms with Gasteiger partial charge in [-0.1, -0.05) is 42.1 Å². The van der Waals surface area contributed by atoms with Gasteiger partial charge in [0.25, 0.3) is 0 Å². The molecule has 1 aromatic carbocycles. The van der Waals surface area contributed by atoms with Gasteiger partial charge >= 0.3 is 6.03 Å². The molecule has 2 rings (SSSR count). The summed E-state index contributed by atoms with van der Waals surface area (Å²) in [4.78, 5) is 26.3. The molecule has 1 aliphatic heterocycles. The van der Waals surface area contributed by atoms with Crippen molar-refractivity contribution in [1.82, 2.24) is 10.2 Å². The van der Waals surface area contributed by atoms with Crippen molar-refractivity contribution >= 4 is 23.7 Å². The lowest BCUT2D eigenvalue weighted by Crippen LogP contribution is -2.46. The van der Waals surface area contributed by atoms with Crippen molar-refractivity contribution in [2.45, 2.75) is 25.0 Å². The van der Waals surface area contributed by atoms with Crippen molar-refractivity contribution in [3.63, 3.8) is 0 Å². The second-order valence-corrected chi connectivity index (χ2v) is 6.47. The van der Waals surface area contributed by atoms with Gasteiger partial charge in [0.2, 0.25) is 5.91 Å². The lowest BCUT2D eigenvalue weighted by Gasteiger charge is -2.22. The average molecular weight is 344 g/mol. The van der Waals surface area contributed by atoms with Gasteiger partial charge in [-0.05, 0) is 19.4 Å². The normalized spacial score (nSPS) is 19.7. The number of imide groups is 1. The molecule has 0 bridgehead atoms. The Morgan fingerprint density at radius 3 is 2.46 bits per heavy atom. The second-order valence-electron chi connectivity index (χ2n) is 5.28. The summed E-state index contributed by atoms with van der Waals surface area (Å²) in [7, 11) is 0. The van der Waals surface area contributed by atoms with Gasteiger partial charge in [0.15, 0.2) is 0 Å². The van der Waals surface area contributed by atoms with Gasteiger partial charge in [-0.25, -0.2) is 4.79 Å². The van der Waals surface area contributed by atoms with Gasteiger partial charge in [0, 0.05) is 19.0 Å². The number of carbonyl (C=O) groups excluding carboxylic acids is 2. The molecule has 7 heteroatoms. The molecule has 0 saturated carbocycles. The summed E-state index contributed by atoms with van der Waals surface area (Å²) in [5.41, 5.74) is 7.14. The number of amides is 3. The van der Waals surface area contributed by atoms with Crippen LogP contribution in [0.3, 0.4) is 0 Å². The van der Waals surface area contributed by atoms with Crippen molar-refractivity contribution < 1.29 is 9.59 Å². The number of nitriles is 1. The predicted octanol–water partition coefficient (Wildman–Crippen LogP) is 2.16. The lowest BCUT2D eigenvalue weighted by atomic mass is 9.89. The van der Waals surface area contributed by atoms with E-state index in [2.05, 4.69) is 11.4 Å². The first-order chi connectivity index (χ1) is 11.5. The van der Waals surface area contributed by atoms with E-state index in [4.69, 9.17) is 5.73 Å². The van der Waals surface area contributed by atoms with Crippen molar-refractivity contribution in [2.24, 2.45) is 5.73 Å². The van der Waals surface area contributed by atoms with Crippen molar-refractivity contribution in [3.05, 3.63) is 46.5 Å². The largest absolute Gasteiger partial charge is 0.393 e. The molecule has 3 N–H and O–H groups in total. The molecule has 126 valence electrons. The first-order valence-electron chi connectivity index (χ1n) is 7.74. The summed E-state index contributed by atoms with van der Waals surface area (Å²) in [5.74, 6) is -0.885. The monoisotopic (exact) mass is 344 g/mol. The van der Waals surface area contributed by atoms with Gasteiger partial charge < -0.3 is 10.6 Å². The average Bonchev–Trinajstić information content (AvgIpc) is 2.93. The second kappa shape index (κ2) is 7.88. The summed E-state index contributed by atoms with van der Waals surface area (Å²) in [5, 5.41) is 11.5. The number of hydrogen-bond donors (Lipinski definition) is 2. The van der Waals surface area contributed by atoms with Crippen LogP contribution in [-0.4, -0.2) is 35.2 Å². The highest BCUT2D eigenvalue weighted by molar-refractivity contribution is 8.04. The summed E-state index contributed by atoms with van der Waals surface area (Å²) in [6, 6.07) is 10.9. The fourth-order valence-corrected chi connectivity index (χ4v) is 3.84. The fourth-order valence-electron chi connectivity index (χ4n) is 2.67. The van der Waals surface area contributed by atoms with Crippen LogP contribution in [0.1, 0.15) is 25.3 Å². The van der Waals surface area contributed by atoms with Gasteiger partial charge in [0.1, 0.15) is 5.25 Å². The molecule has 6 nitrogen and oxygen atoms in total. The number of hydrogen-bond acceptors (Lipinski definition) is 5. The van der Waals surface area contributed by atoms with Crippen molar-refractivity contribution in [2.75, 3.05) is 13.1 Å². The molecule has 2 unspecified atom stereocenters. The maximum Gasteiger partial charge on any atom is 0.324 e. The number of rotatable bonds is 4. The Morgan fingerprint density at radius 2 is 1.92 bits per heavy atom.